The Morgan fingerprint density at radius 1 is 0.845 bits per heavy atom. The minimum Gasteiger partial charge on any atom is -0.315 e. The van der Waals surface area contributed by atoms with Crippen LogP contribution in [0.5, 0.6) is 0 Å². The van der Waals surface area contributed by atoms with E-state index in [0.29, 0.717) is 11.7 Å². The number of hydrogen-bond donors (Lipinski definition) is 0. The highest BCUT2D eigenvalue weighted by Crippen LogP contribution is 2.58. The molecule has 4 heteroatoms. The van der Waals surface area contributed by atoms with Gasteiger partial charge in [-0.15, -0.1) is 0 Å². The van der Waals surface area contributed by atoms with Crippen LogP contribution in [0, 0.1) is 37.0 Å². The summed E-state index contributed by atoms with van der Waals surface area (Å²) in [5.41, 5.74) is 24.4. The molecule has 2 nitrogen and oxygen atoms in total. The smallest absolute Gasteiger partial charge is 0.223 e. The molecule has 2 heterocycles. The van der Waals surface area contributed by atoms with Crippen molar-refractivity contribution in [2.75, 3.05) is 4.90 Å². The van der Waals surface area contributed by atoms with Crippen LogP contribution >= 0.6 is 0 Å². The number of rotatable bonds is 4. The molecule has 0 saturated carbocycles. The number of allylic oxidation sites excluding steroid dienone is 15. The third-order valence-electron chi connectivity index (χ3n) is 14.3. The minimum atomic E-state index is -1.67. The van der Waals surface area contributed by atoms with E-state index in [4.69, 9.17) is 0 Å². The summed E-state index contributed by atoms with van der Waals surface area (Å²) in [6.07, 6.45) is 27.0. The fourth-order valence-electron chi connectivity index (χ4n) is 12.0. The summed E-state index contributed by atoms with van der Waals surface area (Å²) in [7, 11) is -1.67. The first-order chi connectivity index (χ1) is 28.2. The van der Waals surface area contributed by atoms with Gasteiger partial charge in [0.1, 0.15) is 0 Å². The number of anilines is 2. The summed E-state index contributed by atoms with van der Waals surface area (Å²) in [5.74, 6) is 0.916. The van der Waals surface area contributed by atoms with E-state index in [9.17, 15) is 5.26 Å². The number of aryl methyl sites for hydroxylation is 2. The van der Waals surface area contributed by atoms with E-state index in [1.165, 1.54) is 83.7 Å². The van der Waals surface area contributed by atoms with Gasteiger partial charge in [0.25, 0.3) is 0 Å². The average molecular weight is 765 g/mol. The third-order valence-corrected chi connectivity index (χ3v) is 16.3. The van der Waals surface area contributed by atoms with E-state index in [2.05, 4.69) is 172 Å². The second kappa shape index (κ2) is 13.2. The number of fused-ring (bicyclic) bond motifs is 5. The van der Waals surface area contributed by atoms with Crippen LogP contribution < -0.4 is 15.5 Å². The summed E-state index contributed by atoms with van der Waals surface area (Å²) >= 11 is 0. The molecule has 282 valence electrons. The maximum atomic E-state index is 10.8. The van der Waals surface area contributed by atoms with Gasteiger partial charge in [-0.2, -0.15) is 5.26 Å². The highest BCUT2D eigenvalue weighted by Gasteiger charge is 2.50. The van der Waals surface area contributed by atoms with Crippen LogP contribution in [0.2, 0.25) is 19.6 Å². The maximum Gasteiger partial charge on any atom is 0.223 e. The summed E-state index contributed by atoms with van der Waals surface area (Å²) in [4.78, 5) is 2.64. The van der Waals surface area contributed by atoms with Gasteiger partial charge in [-0.25, -0.2) is 0 Å². The molecule has 0 saturated heterocycles. The van der Waals surface area contributed by atoms with E-state index < -0.39 is 8.07 Å². The quantitative estimate of drug-likeness (QED) is 0.194. The van der Waals surface area contributed by atoms with Crippen molar-refractivity contribution in [2.24, 2.45) is 11.8 Å². The van der Waals surface area contributed by atoms with Crippen molar-refractivity contribution in [2.45, 2.75) is 71.4 Å². The molecule has 58 heavy (non-hydrogen) atoms. The average Bonchev–Trinajstić information content (AvgIpc) is 3.24. The van der Waals surface area contributed by atoms with Gasteiger partial charge in [-0.05, 0) is 131 Å². The highest BCUT2D eigenvalue weighted by atomic mass is 28.3. The van der Waals surface area contributed by atoms with Crippen molar-refractivity contribution in [3.05, 3.63) is 188 Å². The van der Waals surface area contributed by atoms with Gasteiger partial charge >= 0.3 is 0 Å². The number of nitrogens with zero attached hydrogens (tertiary/aromatic N) is 2. The molecule has 0 fully saturated rings. The molecule has 0 radical (unpaired) electrons. The summed E-state index contributed by atoms with van der Waals surface area (Å²) in [6.45, 7) is 12.2. The molecule has 3 atom stereocenters. The Hall–Kier alpha value is -5.63. The van der Waals surface area contributed by atoms with E-state index >= 15 is 0 Å². The molecule has 0 aromatic heterocycles. The Morgan fingerprint density at radius 2 is 1.67 bits per heavy atom. The van der Waals surface area contributed by atoms with E-state index in [0.717, 1.165) is 37.7 Å². The third kappa shape index (κ3) is 5.15. The molecule has 7 aliphatic rings. The van der Waals surface area contributed by atoms with Crippen LogP contribution in [-0.2, 0) is 0 Å². The standard InChI is InChI=1S/C54H49BN2Si/c1-33-16-14-17-34(2)54(33)57-47-31-43-42(50(36-18-8-6-9-19-36)38-22-12-13-23-39(38)51(43)37-20-10-7-11-21-37)30-46(47)55-45-25-15-24-41-49(58(3,4)5)27-26-40(52(41)45)44-28-35(32-56)29-48(57)53(44)55/h6-12,14-20,22,24,26-30,37,43,45H,13,21,23,25,31H2,1-5H3. The lowest BCUT2D eigenvalue weighted by atomic mass is 9.26. The van der Waals surface area contributed by atoms with Gasteiger partial charge in [0.2, 0.25) is 6.71 Å². The van der Waals surface area contributed by atoms with Gasteiger partial charge in [-0.3, -0.25) is 0 Å². The van der Waals surface area contributed by atoms with Gasteiger partial charge in [0.05, 0.1) is 25.4 Å². The monoisotopic (exact) mass is 764 g/mol. The molecular formula is C54H49BN2Si. The zero-order valence-electron chi connectivity index (χ0n) is 34.4. The van der Waals surface area contributed by atoms with Crippen molar-refractivity contribution >= 4 is 48.5 Å². The van der Waals surface area contributed by atoms with Crippen molar-refractivity contribution < 1.29 is 0 Å². The summed E-state index contributed by atoms with van der Waals surface area (Å²) in [5, 5.41) is 12.3. The molecule has 0 amide bonds. The first-order valence-electron chi connectivity index (χ1n) is 21.5. The molecule has 5 aliphatic carbocycles. The molecule has 4 aromatic rings. The Labute approximate surface area is 345 Å². The normalized spacial score (nSPS) is 22.3. The first-order valence-corrected chi connectivity index (χ1v) is 25.0. The molecule has 0 N–H and O–H groups in total. The molecule has 2 aliphatic heterocycles. The lowest BCUT2D eigenvalue weighted by molar-refractivity contribution is 0.582. The first kappa shape index (κ1) is 35.5. The maximum absolute atomic E-state index is 10.8. The minimum absolute atomic E-state index is 0.171. The van der Waals surface area contributed by atoms with E-state index in [1.54, 1.807) is 16.3 Å². The van der Waals surface area contributed by atoms with Crippen LogP contribution in [0.3, 0.4) is 0 Å². The second-order valence-electron chi connectivity index (χ2n) is 18.5. The number of hydrogen-bond acceptors (Lipinski definition) is 2. The Balaban J connectivity index is 1.26. The van der Waals surface area contributed by atoms with Gasteiger partial charge in [0.15, 0.2) is 0 Å². The van der Waals surface area contributed by atoms with Gasteiger partial charge < -0.3 is 4.90 Å². The highest BCUT2D eigenvalue weighted by molar-refractivity contribution is 6.89. The molecule has 0 spiro atoms. The fourth-order valence-corrected chi connectivity index (χ4v) is 13.6. The largest absolute Gasteiger partial charge is 0.315 e. The number of para-hydroxylation sites is 1. The SMILES string of the molecule is Cc1cccc(C)c1N1C2=C(C=C3C(c4ccccc4)=C4C=CCCC4=C(C4C=CC=CC4)C3C2)B2c3c(cc(C#N)cc31)-c1ccc([Si](C)(C)C)c3c1C2CC=C3. The van der Waals surface area contributed by atoms with E-state index in [-0.39, 0.29) is 12.6 Å². The fraction of sp³-hybridized carbons (Fsp3) is 0.241. The van der Waals surface area contributed by atoms with Crippen LogP contribution in [0.25, 0.3) is 22.8 Å². The summed E-state index contributed by atoms with van der Waals surface area (Å²) in [6, 6.07) is 30.0. The summed E-state index contributed by atoms with van der Waals surface area (Å²) < 4.78 is 0. The lowest BCUT2D eigenvalue weighted by Crippen LogP contribution is -2.52. The van der Waals surface area contributed by atoms with Crippen LogP contribution in [0.15, 0.2) is 155 Å². The Morgan fingerprint density at radius 3 is 2.43 bits per heavy atom. The van der Waals surface area contributed by atoms with Crippen LogP contribution in [0.1, 0.15) is 71.3 Å². The number of nitriles is 1. The Bertz CT molecular complexity index is 2770. The predicted octanol–water partition coefficient (Wildman–Crippen LogP) is 12.3. The predicted molar refractivity (Wildman–Crippen MR) is 248 cm³/mol. The molecule has 11 rings (SSSR count). The van der Waals surface area contributed by atoms with Crippen molar-refractivity contribution in [1.82, 2.24) is 0 Å². The zero-order chi connectivity index (χ0) is 39.4. The molecular weight excluding hydrogens is 716 g/mol. The Kier molecular flexibility index (Phi) is 8.09. The van der Waals surface area contributed by atoms with Crippen LogP contribution in [0.4, 0.5) is 11.4 Å². The van der Waals surface area contributed by atoms with Crippen molar-refractivity contribution in [3.63, 3.8) is 0 Å². The zero-order valence-corrected chi connectivity index (χ0v) is 35.4. The molecule has 4 aromatic carbocycles. The molecule has 0 bridgehead atoms. The van der Waals surface area contributed by atoms with Crippen LogP contribution in [-0.4, -0.2) is 14.8 Å². The van der Waals surface area contributed by atoms with Gasteiger partial charge in [0, 0.05) is 23.2 Å². The number of benzene rings is 4. The molecule has 3 unspecified atom stereocenters. The topological polar surface area (TPSA) is 27.0 Å². The second-order valence-corrected chi connectivity index (χ2v) is 23.6. The van der Waals surface area contributed by atoms with Crippen molar-refractivity contribution in [3.8, 4) is 17.2 Å². The lowest BCUT2D eigenvalue weighted by Gasteiger charge is -2.50. The van der Waals surface area contributed by atoms with Crippen molar-refractivity contribution in [1.29, 1.82) is 5.26 Å². The van der Waals surface area contributed by atoms with E-state index in [1.807, 2.05) is 0 Å². The van der Waals surface area contributed by atoms with Gasteiger partial charge in [-0.1, -0.05) is 151 Å².